The van der Waals surface area contributed by atoms with Crippen molar-refractivity contribution in [2.24, 2.45) is 0 Å². The molecule has 1 aromatic heterocycles. The van der Waals surface area contributed by atoms with E-state index in [1.165, 1.54) is 11.4 Å². The molecule has 0 unspecified atom stereocenters. The Bertz CT molecular complexity index is 401. The van der Waals surface area contributed by atoms with Gasteiger partial charge in [-0.2, -0.15) is 4.31 Å². The Morgan fingerprint density at radius 2 is 2.29 bits per heavy atom. The van der Waals surface area contributed by atoms with Crippen molar-refractivity contribution in [3.8, 4) is 0 Å². The van der Waals surface area contributed by atoms with Crippen LogP contribution in [-0.4, -0.2) is 29.6 Å². The molecule has 1 aromatic rings. The van der Waals surface area contributed by atoms with Crippen LogP contribution in [0.15, 0.2) is 10.6 Å². The lowest BCUT2D eigenvalue weighted by Gasteiger charge is -2.12. The number of hydrogen-bond donors (Lipinski definition) is 0. The van der Waals surface area contributed by atoms with Gasteiger partial charge < -0.3 is 4.52 Å². The minimum Gasteiger partial charge on any atom is -0.361 e. The molecule has 0 atom stereocenters. The lowest BCUT2D eigenvalue weighted by molar-refractivity contribution is 0.378. The Morgan fingerprint density at radius 3 is 2.71 bits per heavy atom. The lowest BCUT2D eigenvalue weighted by Crippen LogP contribution is -2.27. The first-order valence-electron chi connectivity index (χ1n) is 3.88. The third-order valence-corrected chi connectivity index (χ3v) is 4.76. The topological polar surface area (TPSA) is 63.4 Å². The first-order chi connectivity index (χ1) is 6.45. The standard InChI is InChI=1S/C7H11BrN2O3S/c1-6-3-7(9-13-6)4-10(2)14(11,12)5-8/h3H,4-5H2,1-2H3. The van der Waals surface area contributed by atoms with Gasteiger partial charge in [-0.05, 0) is 6.92 Å². The van der Waals surface area contributed by atoms with E-state index in [0.717, 1.165) is 0 Å². The number of halogens is 1. The van der Waals surface area contributed by atoms with Crippen LogP contribution in [0.4, 0.5) is 0 Å². The van der Waals surface area contributed by atoms with E-state index >= 15 is 0 Å². The third kappa shape index (κ3) is 2.79. The van der Waals surface area contributed by atoms with Gasteiger partial charge in [0.15, 0.2) is 0 Å². The van der Waals surface area contributed by atoms with Crippen molar-refractivity contribution < 1.29 is 12.9 Å². The van der Waals surface area contributed by atoms with E-state index in [9.17, 15) is 8.42 Å². The van der Waals surface area contributed by atoms with Crippen LogP contribution >= 0.6 is 15.9 Å². The van der Waals surface area contributed by atoms with Gasteiger partial charge in [0, 0.05) is 13.1 Å². The number of aryl methyl sites for hydroxylation is 1. The van der Waals surface area contributed by atoms with Crippen LogP contribution in [0, 0.1) is 6.92 Å². The minimum atomic E-state index is -3.22. The lowest BCUT2D eigenvalue weighted by atomic mass is 10.4. The van der Waals surface area contributed by atoms with Crippen LogP contribution in [0.5, 0.6) is 0 Å². The SMILES string of the molecule is Cc1cc(CN(C)S(=O)(=O)CBr)no1. The van der Waals surface area contributed by atoms with Crippen LogP contribution in [0.1, 0.15) is 11.5 Å². The van der Waals surface area contributed by atoms with Gasteiger partial charge in [0.1, 0.15) is 10.4 Å². The molecule has 0 saturated carbocycles. The molecule has 0 spiro atoms. The number of sulfonamides is 1. The highest BCUT2D eigenvalue weighted by atomic mass is 79.9. The summed E-state index contributed by atoms with van der Waals surface area (Å²) in [7, 11) is -1.72. The summed E-state index contributed by atoms with van der Waals surface area (Å²) in [6, 6.07) is 1.71. The predicted octanol–water partition coefficient (Wildman–Crippen LogP) is 1.10. The van der Waals surface area contributed by atoms with E-state index in [2.05, 4.69) is 21.1 Å². The molecule has 0 N–H and O–H groups in total. The molecule has 0 fully saturated rings. The highest BCUT2D eigenvalue weighted by molar-refractivity contribution is 9.10. The predicted molar refractivity (Wildman–Crippen MR) is 55.4 cm³/mol. The second-order valence-corrected chi connectivity index (χ2v) is 6.28. The fourth-order valence-corrected chi connectivity index (χ4v) is 2.45. The Hall–Kier alpha value is -0.400. The Balaban J connectivity index is 2.71. The zero-order chi connectivity index (χ0) is 10.8. The van der Waals surface area contributed by atoms with E-state index in [1.807, 2.05) is 0 Å². The zero-order valence-electron chi connectivity index (χ0n) is 7.90. The van der Waals surface area contributed by atoms with Crippen molar-refractivity contribution in [1.82, 2.24) is 9.46 Å². The quantitative estimate of drug-likeness (QED) is 0.776. The van der Waals surface area contributed by atoms with Crippen molar-refractivity contribution in [3.05, 3.63) is 17.5 Å². The maximum absolute atomic E-state index is 11.3. The molecule has 5 nitrogen and oxygen atoms in total. The smallest absolute Gasteiger partial charge is 0.224 e. The molecule has 14 heavy (non-hydrogen) atoms. The van der Waals surface area contributed by atoms with Crippen molar-refractivity contribution >= 4 is 26.0 Å². The largest absolute Gasteiger partial charge is 0.361 e. The second kappa shape index (κ2) is 4.41. The molecule has 0 amide bonds. The van der Waals surface area contributed by atoms with Gasteiger partial charge in [-0.25, -0.2) is 8.42 Å². The molecular formula is C7H11BrN2O3S. The van der Waals surface area contributed by atoms with Gasteiger partial charge >= 0.3 is 0 Å². The molecule has 7 heteroatoms. The monoisotopic (exact) mass is 282 g/mol. The number of alkyl halides is 1. The summed E-state index contributed by atoms with van der Waals surface area (Å²) in [4.78, 5) is 0. The van der Waals surface area contributed by atoms with Gasteiger partial charge in [0.05, 0.1) is 12.2 Å². The number of rotatable bonds is 4. The summed E-state index contributed by atoms with van der Waals surface area (Å²) in [5.74, 6) is 0.671. The fraction of sp³-hybridized carbons (Fsp3) is 0.571. The highest BCUT2D eigenvalue weighted by Crippen LogP contribution is 2.09. The van der Waals surface area contributed by atoms with Gasteiger partial charge in [-0.3, -0.25) is 0 Å². The molecular weight excluding hydrogens is 272 g/mol. The summed E-state index contributed by atoms with van der Waals surface area (Å²) >= 11 is 2.92. The fourth-order valence-electron chi connectivity index (χ4n) is 0.902. The summed E-state index contributed by atoms with van der Waals surface area (Å²) < 4.78 is 28.6. The van der Waals surface area contributed by atoms with Crippen molar-refractivity contribution in [3.63, 3.8) is 0 Å². The van der Waals surface area contributed by atoms with Crippen molar-refractivity contribution in [2.45, 2.75) is 13.5 Å². The van der Waals surface area contributed by atoms with E-state index in [4.69, 9.17) is 4.52 Å². The Kier molecular flexibility index (Phi) is 3.68. The van der Waals surface area contributed by atoms with Crippen LogP contribution < -0.4 is 0 Å². The molecule has 0 aliphatic carbocycles. The highest BCUT2D eigenvalue weighted by Gasteiger charge is 2.17. The average molecular weight is 283 g/mol. The molecule has 0 aromatic carbocycles. The van der Waals surface area contributed by atoms with Crippen LogP contribution in [-0.2, 0) is 16.6 Å². The molecule has 1 rings (SSSR count). The maximum atomic E-state index is 11.3. The number of hydrogen-bond acceptors (Lipinski definition) is 4. The van der Waals surface area contributed by atoms with Gasteiger partial charge in [-0.15, -0.1) is 0 Å². The average Bonchev–Trinajstić information content (AvgIpc) is 2.51. The Morgan fingerprint density at radius 1 is 1.64 bits per heavy atom. The molecule has 0 radical (unpaired) electrons. The van der Waals surface area contributed by atoms with Gasteiger partial charge in [0.25, 0.3) is 0 Å². The number of aromatic nitrogens is 1. The van der Waals surface area contributed by atoms with E-state index in [0.29, 0.717) is 11.5 Å². The maximum Gasteiger partial charge on any atom is 0.224 e. The van der Waals surface area contributed by atoms with E-state index in [1.54, 1.807) is 13.0 Å². The summed E-state index contributed by atoms with van der Waals surface area (Å²) in [6.07, 6.45) is 0. The minimum absolute atomic E-state index is 0.0899. The molecule has 0 saturated heterocycles. The second-order valence-electron chi connectivity index (χ2n) is 2.91. The normalized spacial score (nSPS) is 12.3. The van der Waals surface area contributed by atoms with E-state index < -0.39 is 10.0 Å². The molecule has 0 aliphatic rings. The zero-order valence-corrected chi connectivity index (χ0v) is 10.3. The van der Waals surface area contributed by atoms with Gasteiger partial charge in [0.2, 0.25) is 10.0 Å². The number of nitrogens with zero attached hydrogens (tertiary/aromatic N) is 2. The third-order valence-electron chi connectivity index (χ3n) is 1.67. The van der Waals surface area contributed by atoms with Crippen LogP contribution in [0.2, 0.25) is 0 Å². The molecule has 0 bridgehead atoms. The summed E-state index contributed by atoms with van der Waals surface area (Å²) in [5.41, 5.74) is 0.606. The van der Waals surface area contributed by atoms with Crippen LogP contribution in [0.3, 0.4) is 0 Å². The van der Waals surface area contributed by atoms with E-state index in [-0.39, 0.29) is 11.2 Å². The first-order valence-corrected chi connectivity index (χ1v) is 6.61. The molecule has 80 valence electrons. The van der Waals surface area contributed by atoms with Crippen molar-refractivity contribution in [2.75, 3.05) is 11.7 Å². The van der Waals surface area contributed by atoms with Crippen molar-refractivity contribution in [1.29, 1.82) is 0 Å². The van der Waals surface area contributed by atoms with Crippen LogP contribution in [0.25, 0.3) is 0 Å². The molecule has 1 heterocycles. The first kappa shape index (κ1) is 11.7. The van der Waals surface area contributed by atoms with Gasteiger partial charge in [-0.1, -0.05) is 21.1 Å². The summed E-state index contributed by atoms with van der Waals surface area (Å²) in [5, 5.41) is 3.71. The molecule has 0 aliphatic heterocycles. The Labute approximate surface area is 91.2 Å². The summed E-state index contributed by atoms with van der Waals surface area (Å²) in [6.45, 7) is 1.99.